The summed E-state index contributed by atoms with van der Waals surface area (Å²) < 4.78 is 85.0. The minimum Gasteiger partial charge on any atom is -0.507 e. The summed E-state index contributed by atoms with van der Waals surface area (Å²) in [6, 6.07) is 4.80. The van der Waals surface area contributed by atoms with Crippen molar-refractivity contribution in [1.82, 2.24) is 23.8 Å². The lowest BCUT2D eigenvalue weighted by molar-refractivity contribution is 0.141. The summed E-state index contributed by atoms with van der Waals surface area (Å²) in [5.41, 5.74) is -3.89. The van der Waals surface area contributed by atoms with Crippen molar-refractivity contribution in [3.05, 3.63) is 66.9 Å². The Bertz CT molecular complexity index is 1790. The average molecular weight is 642 g/mol. The van der Waals surface area contributed by atoms with Crippen molar-refractivity contribution in [1.29, 1.82) is 0 Å². The number of aromatic nitrogens is 3. The summed E-state index contributed by atoms with van der Waals surface area (Å²) in [4.78, 5) is 24.9. The van der Waals surface area contributed by atoms with Crippen molar-refractivity contribution < 1.29 is 35.5 Å². The third-order valence-corrected chi connectivity index (χ3v) is 8.81. The number of halogens is 4. The molecule has 2 aromatic carbocycles. The van der Waals surface area contributed by atoms with Gasteiger partial charge in [0.05, 0.1) is 22.0 Å². The fraction of sp³-hybridized carbons (Fsp3) is 0.286. The first kappa shape index (κ1) is 29.9. The molecular formula is C21H19Cl2F2N5O8S2. The molecule has 0 aliphatic carbocycles. The predicted octanol–water partition coefficient (Wildman–Crippen LogP) is 1.98. The summed E-state index contributed by atoms with van der Waals surface area (Å²) in [7, 11) is -7.86. The number of sulfonamides is 2. The predicted molar refractivity (Wildman–Crippen MR) is 139 cm³/mol. The van der Waals surface area contributed by atoms with Gasteiger partial charge in [0.15, 0.2) is 11.4 Å². The Morgan fingerprint density at radius 3 is 2.40 bits per heavy atom. The Morgan fingerprint density at radius 2 is 1.80 bits per heavy atom. The van der Waals surface area contributed by atoms with Crippen LogP contribution in [0.2, 0.25) is 10.0 Å². The first-order chi connectivity index (χ1) is 18.6. The summed E-state index contributed by atoms with van der Waals surface area (Å²) in [5.74, 6) is -0.943. The maximum Gasteiger partial charge on any atom is 0.349 e. The summed E-state index contributed by atoms with van der Waals surface area (Å²) in [6.45, 7) is -0.172. The average Bonchev–Trinajstić information content (AvgIpc) is 3.29. The standard InChI is InChI=1S/C21H19Cl2F2N5O8S2/c1-39(34,35)28-10-4-5-29(9-10)40(36,37)16-8-12(2-3-15(16)31)38-18-13(22)6-11(7-14(18)23)30-21(33)26-20(32)17(27-30)19(24)25/h2-3,6-8,10,19,28,31H,4-5,9H2,1H3,(H,26,32,33)/t10-/m1/s1. The quantitative estimate of drug-likeness (QED) is 0.331. The molecule has 1 saturated heterocycles. The van der Waals surface area contributed by atoms with Gasteiger partial charge in [-0.25, -0.2) is 35.1 Å². The number of phenolic OH excluding ortho intramolecular Hbond substituents is 1. The fourth-order valence-electron chi connectivity index (χ4n) is 3.86. The number of H-pyrrole nitrogens is 1. The highest BCUT2D eigenvalue weighted by Crippen LogP contribution is 2.40. The van der Waals surface area contributed by atoms with E-state index in [4.69, 9.17) is 27.9 Å². The lowest BCUT2D eigenvalue weighted by Crippen LogP contribution is -2.37. The molecule has 1 aliphatic heterocycles. The number of nitrogens with zero attached hydrogens (tertiary/aromatic N) is 3. The molecule has 40 heavy (non-hydrogen) atoms. The molecule has 1 aromatic heterocycles. The highest BCUT2D eigenvalue weighted by atomic mass is 35.5. The summed E-state index contributed by atoms with van der Waals surface area (Å²) >= 11 is 12.5. The Hall–Kier alpha value is -3.09. The van der Waals surface area contributed by atoms with Crippen molar-refractivity contribution in [2.45, 2.75) is 23.8 Å². The van der Waals surface area contributed by atoms with E-state index < -0.39 is 60.1 Å². The number of rotatable bonds is 8. The number of aromatic hydroxyl groups is 1. The number of aromatic amines is 1. The Kier molecular flexibility index (Phi) is 8.26. The van der Waals surface area contributed by atoms with Crippen LogP contribution < -0.4 is 20.7 Å². The van der Waals surface area contributed by atoms with Gasteiger partial charge in [-0.3, -0.25) is 9.78 Å². The molecule has 19 heteroatoms. The number of phenols is 1. The summed E-state index contributed by atoms with van der Waals surface area (Å²) in [5, 5.41) is 13.2. The number of ether oxygens (including phenoxy) is 1. The smallest absolute Gasteiger partial charge is 0.349 e. The number of hydrogen-bond donors (Lipinski definition) is 3. The van der Waals surface area contributed by atoms with Crippen LogP contribution >= 0.6 is 23.2 Å². The first-order valence-electron chi connectivity index (χ1n) is 11.1. The largest absolute Gasteiger partial charge is 0.507 e. The third-order valence-electron chi connectivity index (χ3n) is 5.59. The molecule has 1 fully saturated rings. The van der Waals surface area contributed by atoms with Gasteiger partial charge in [0, 0.05) is 25.2 Å². The topological polar surface area (TPSA) is 181 Å². The highest BCUT2D eigenvalue weighted by molar-refractivity contribution is 7.89. The van der Waals surface area contributed by atoms with Crippen molar-refractivity contribution >= 4 is 43.2 Å². The van der Waals surface area contributed by atoms with Crippen molar-refractivity contribution in [3.63, 3.8) is 0 Å². The number of hydrogen-bond acceptors (Lipinski definition) is 9. The van der Waals surface area contributed by atoms with Crippen molar-refractivity contribution in [2.24, 2.45) is 0 Å². The van der Waals surface area contributed by atoms with Crippen LogP contribution in [0.15, 0.2) is 44.8 Å². The molecular weight excluding hydrogens is 623 g/mol. The molecule has 1 aliphatic rings. The molecule has 0 saturated carbocycles. The SMILES string of the molecule is CS(=O)(=O)N[C@@H]1CCN(S(=O)(=O)c2cc(Oc3c(Cl)cc(-n4nc(C(F)F)c(=O)[nH]c4=O)cc3Cl)ccc2O)C1. The molecule has 1 atom stereocenters. The van der Waals surface area contributed by atoms with E-state index in [1.165, 1.54) is 6.07 Å². The van der Waals surface area contributed by atoms with E-state index in [-0.39, 0.29) is 46.7 Å². The van der Waals surface area contributed by atoms with E-state index in [0.717, 1.165) is 34.8 Å². The van der Waals surface area contributed by atoms with E-state index >= 15 is 0 Å². The van der Waals surface area contributed by atoms with Gasteiger partial charge in [-0.15, -0.1) is 0 Å². The number of benzene rings is 2. The Morgan fingerprint density at radius 1 is 1.15 bits per heavy atom. The Balaban J connectivity index is 1.64. The van der Waals surface area contributed by atoms with Gasteiger partial charge >= 0.3 is 5.69 Å². The van der Waals surface area contributed by atoms with Gasteiger partial charge in [0.25, 0.3) is 12.0 Å². The van der Waals surface area contributed by atoms with Crippen LogP contribution in [0.3, 0.4) is 0 Å². The van der Waals surface area contributed by atoms with Gasteiger partial charge in [-0.1, -0.05) is 23.2 Å². The van der Waals surface area contributed by atoms with E-state index in [2.05, 4.69) is 9.82 Å². The third kappa shape index (κ3) is 6.29. The van der Waals surface area contributed by atoms with Crippen LogP contribution in [0.4, 0.5) is 8.78 Å². The molecule has 0 bridgehead atoms. The monoisotopic (exact) mass is 641 g/mol. The van der Waals surface area contributed by atoms with E-state index in [1.54, 1.807) is 4.98 Å². The maximum absolute atomic E-state index is 13.2. The molecule has 13 nitrogen and oxygen atoms in total. The fourth-order valence-corrected chi connectivity index (χ4v) is 6.81. The molecule has 4 rings (SSSR count). The van der Waals surface area contributed by atoms with Gasteiger partial charge in [0.1, 0.15) is 16.4 Å². The van der Waals surface area contributed by atoms with Crippen LogP contribution in [-0.4, -0.2) is 66.4 Å². The van der Waals surface area contributed by atoms with Crippen LogP contribution in [0.5, 0.6) is 17.2 Å². The highest BCUT2D eigenvalue weighted by Gasteiger charge is 2.35. The number of nitrogens with one attached hydrogen (secondary N) is 2. The van der Waals surface area contributed by atoms with Crippen LogP contribution in [0.1, 0.15) is 18.5 Å². The van der Waals surface area contributed by atoms with E-state index in [0.29, 0.717) is 4.68 Å². The normalized spacial score (nSPS) is 16.5. The molecule has 3 aromatic rings. The molecule has 0 amide bonds. The lowest BCUT2D eigenvalue weighted by Gasteiger charge is -2.18. The second-order valence-electron chi connectivity index (χ2n) is 8.57. The van der Waals surface area contributed by atoms with Gasteiger partial charge in [-0.2, -0.15) is 14.1 Å². The molecule has 2 heterocycles. The van der Waals surface area contributed by atoms with Crippen molar-refractivity contribution in [3.8, 4) is 22.9 Å². The second-order valence-corrected chi connectivity index (χ2v) is 13.1. The number of alkyl halides is 2. The zero-order valence-electron chi connectivity index (χ0n) is 20.1. The molecule has 3 N–H and O–H groups in total. The van der Waals surface area contributed by atoms with Crippen LogP contribution in [-0.2, 0) is 20.0 Å². The second kappa shape index (κ2) is 11.1. The van der Waals surface area contributed by atoms with E-state index in [1.807, 2.05) is 0 Å². The minimum absolute atomic E-state index is 0.00933. The molecule has 0 unspecified atom stereocenters. The summed E-state index contributed by atoms with van der Waals surface area (Å²) in [6.07, 6.45) is -2.10. The first-order valence-corrected chi connectivity index (χ1v) is 15.1. The van der Waals surface area contributed by atoms with Gasteiger partial charge < -0.3 is 9.84 Å². The Labute approximate surface area is 235 Å². The lowest BCUT2D eigenvalue weighted by atomic mass is 10.3. The van der Waals surface area contributed by atoms with Crippen LogP contribution in [0.25, 0.3) is 5.69 Å². The minimum atomic E-state index is -4.29. The zero-order chi connectivity index (χ0) is 29.6. The molecule has 0 spiro atoms. The molecule has 216 valence electrons. The maximum atomic E-state index is 13.2. The van der Waals surface area contributed by atoms with Crippen LogP contribution in [0, 0.1) is 0 Å². The van der Waals surface area contributed by atoms with E-state index in [9.17, 15) is 40.3 Å². The molecule has 0 radical (unpaired) electrons. The van der Waals surface area contributed by atoms with Gasteiger partial charge in [-0.05, 0) is 30.7 Å². The zero-order valence-corrected chi connectivity index (χ0v) is 23.3. The van der Waals surface area contributed by atoms with Gasteiger partial charge in [0.2, 0.25) is 20.0 Å². The van der Waals surface area contributed by atoms with Crippen molar-refractivity contribution in [2.75, 3.05) is 19.3 Å².